The van der Waals surface area contributed by atoms with Crippen molar-refractivity contribution in [3.05, 3.63) is 46.3 Å². The standard InChI is InChI=1S/C22H27NO4S/c1-4-14-11-12-16-18(13-14)28-21(19(16)22(25)26-3)23-20(24)17(5-2)27-15-9-7-6-8-10-15/h6-10,14,17H,4-5,11-13H2,1-3H3,(H,23,24). The molecular weight excluding hydrogens is 374 g/mol. The lowest BCUT2D eigenvalue weighted by Gasteiger charge is -2.20. The fraction of sp³-hybridized carbons (Fsp3) is 0.455. The van der Waals surface area contributed by atoms with E-state index in [1.807, 2.05) is 37.3 Å². The molecule has 1 amide bonds. The topological polar surface area (TPSA) is 64.6 Å². The van der Waals surface area contributed by atoms with Crippen LogP contribution in [0.25, 0.3) is 0 Å². The van der Waals surface area contributed by atoms with Crippen LogP contribution in [0.5, 0.6) is 5.75 Å². The van der Waals surface area contributed by atoms with Crippen molar-refractivity contribution in [2.24, 2.45) is 5.92 Å². The van der Waals surface area contributed by atoms with Gasteiger partial charge in [0.15, 0.2) is 6.10 Å². The molecule has 0 saturated heterocycles. The predicted octanol–water partition coefficient (Wildman–Crippen LogP) is 4.85. The SMILES string of the molecule is CCC1CCc2c(sc(NC(=O)C(CC)Oc3ccccc3)c2C(=O)OC)C1. The first-order chi connectivity index (χ1) is 13.6. The number of carbonyl (C=O) groups excluding carboxylic acids is 2. The molecule has 1 heterocycles. The molecular formula is C22H27NO4S. The summed E-state index contributed by atoms with van der Waals surface area (Å²) in [7, 11) is 1.38. The number of fused-ring (bicyclic) bond motifs is 1. The van der Waals surface area contributed by atoms with E-state index in [-0.39, 0.29) is 11.9 Å². The van der Waals surface area contributed by atoms with Crippen LogP contribution in [0.1, 0.15) is 53.9 Å². The van der Waals surface area contributed by atoms with E-state index in [0.29, 0.717) is 28.7 Å². The van der Waals surface area contributed by atoms with E-state index in [1.54, 1.807) is 0 Å². The fourth-order valence-corrected chi connectivity index (χ4v) is 4.94. The van der Waals surface area contributed by atoms with Gasteiger partial charge in [-0.05, 0) is 49.3 Å². The molecule has 0 fully saturated rings. The van der Waals surface area contributed by atoms with Crippen molar-refractivity contribution < 1.29 is 19.1 Å². The maximum Gasteiger partial charge on any atom is 0.341 e. The minimum atomic E-state index is -0.629. The lowest BCUT2D eigenvalue weighted by Crippen LogP contribution is -2.32. The third-order valence-corrected chi connectivity index (χ3v) is 6.43. The van der Waals surface area contributed by atoms with Gasteiger partial charge in [-0.1, -0.05) is 38.5 Å². The maximum absolute atomic E-state index is 12.9. The highest BCUT2D eigenvalue weighted by atomic mass is 32.1. The molecule has 0 radical (unpaired) electrons. The third kappa shape index (κ3) is 4.38. The summed E-state index contributed by atoms with van der Waals surface area (Å²) in [6, 6.07) is 9.28. The average Bonchev–Trinajstić information content (AvgIpc) is 3.08. The molecule has 6 heteroatoms. The number of benzene rings is 1. The van der Waals surface area contributed by atoms with E-state index in [0.717, 1.165) is 31.2 Å². The molecule has 3 rings (SSSR count). The summed E-state index contributed by atoms with van der Waals surface area (Å²) in [5, 5.41) is 3.52. The van der Waals surface area contributed by atoms with E-state index < -0.39 is 6.10 Å². The van der Waals surface area contributed by atoms with Crippen LogP contribution >= 0.6 is 11.3 Å². The summed E-state index contributed by atoms with van der Waals surface area (Å²) < 4.78 is 10.8. The molecule has 0 saturated carbocycles. The molecule has 28 heavy (non-hydrogen) atoms. The van der Waals surface area contributed by atoms with Gasteiger partial charge in [-0.15, -0.1) is 11.3 Å². The summed E-state index contributed by atoms with van der Waals surface area (Å²) in [5.41, 5.74) is 1.55. The van der Waals surface area contributed by atoms with Crippen LogP contribution < -0.4 is 10.1 Å². The molecule has 1 aliphatic rings. The van der Waals surface area contributed by atoms with Gasteiger partial charge in [0.2, 0.25) is 0 Å². The van der Waals surface area contributed by atoms with Crippen molar-refractivity contribution >= 4 is 28.2 Å². The molecule has 5 nitrogen and oxygen atoms in total. The Morgan fingerprint density at radius 2 is 2.00 bits per heavy atom. The highest BCUT2D eigenvalue weighted by Gasteiger charge is 2.30. The van der Waals surface area contributed by atoms with Gasteiger partial charge < -0.3 is 14.8 Å². The van der Waals surface area contributed by atoms with E-state index >= 15 is 0 Å². The average molecular weight is 402 g/mol. The van der Waals surface area contributed by atoms with Crippen molar-refractivity contribution in [2.45, 2.75) is 52.1 Å². The summed E-state index contributed by atoms with van der Waals surface area (Å²) in [6.45, 7) is 4.10. The van der Waals surface area contributed by atoms with Crippen LogP contribution in [0.15, 0.2) is 30.3 Å². The quantitative estimate of drug-likeness (QED) is 0.674. The summed E-state index contributed by atoms with van der Waals surface area (Å²) >= 11 is 1.50. The first kappa shape index (κ1) is 20.4. The Morgan fingerprint density at radius 3 is 2.64 bits per heavy atom. The number of rotatable bonds is 7. The molecule has 0 spiro atoms. The van der Waals surface area contributed by atoms with Gasteiger partial charge in [-0.25, -0.2) is 4.79 Å². The molecule has 1 N–H and O–H groups in total. The van der Waals surface area contributed by atoms with Gasteiger partial charge in [0.1, 0.15) is 10.8 Å². The van der Waals surface area contributed by atoms with Crippen LogP contribution in [0, 0.1) is 5.92 Å². The van der Waals surface area contributed by atoms with Gasteiger partial charge in [0.05, 0.1) is 12.7 Å². The number of ether oxygens (including phenoxy) is 2. The number of methoxy groups -OCH3 is 1. The van der Waals surface area contributed by atoms with E-state index in [1.165, 1.54) is 23.3 Å². The smallest absolute Gasteiger partial charge is 0.341 e. The summed E-state index contributed by atoms with van der Waals surface area (Å²) in [4.78, 5) is 26.5. The maximum atomic E-state index is 12.9. The van der Waals surface area contributed by atoms with Crippen LogP contribution in [0.2, 0.25) is 0 Å². The number of hydrogen-bond donors (Lipinski definition) is 1. The van der Waals surface area contributed by atoms with E-state index in [4.69, 9.17) is 9.47 Å². The van der Waals surface area contributed by atoms with E-state index in [2.05, 4.69) is 12.2 Å². The molecule has 0 bridgehead atoms. The van der Waals surface area contributed by atoms with Crippen molar-refractivity contribution in [1.82, 2.24) is 0 Å². The number of nitrogens with one attached hydrogen (secondary N) is 1. The molecule has 2 aromatic rings. The zero-order valence-electron chi connectivity index (χ0n) is 16.6. The Bertz CT molecular complexity index is 831. The number of hydrogen-bond acceptors (Lipinski definition) is 5. The Labute approximate surface area is 170 Å². The zero-order valence-corrected chi connectivity index (χ0v) is 17.4. The Balaban J connectivity index is 1.83. The van der Waals surface area contributed by atoms with Gasteiger partial charge in [0, 0.05) is 4.88 Å². The monoisotopic (exact) mass is 401 g/mol. The minimum Gasteiger partial charge on any atom is -0.481 e. The van der Waals surface area contributed by atoms with Crippen LogP contribution in [0.3, 0.4) is 0 Å². The fourth-order valence-electron chi connectivity index (χ4n) is 3.59. The molecule has 150 valence electrons. The van der Waals surface area contributed by atoms with Crippen LogP contribution in [-0.4, -0.2) is 25.1 Å². The van der Waals surface area contributed by atoms with Crippen molar-refractivity contribution in [3.63, 3.8) is 0 Å². The van der Waals surface area contributed by atoms with Crippen LogP contribution in [-0.2, 0) is 22.4 Å². The number of amides is 1. The molecule has 2 atom stereocenters. The molecule has 1 aliphatic carbocycles. The number of para-hydroxylation sites is 1. The van der Waals surface area contributed by atoms with Gasteiger partial charge in [0.25, 0.3) is 5.91 Å². The molecule has 2 unspecified atom stereocenters. The van der Waals surface area contributed by atoms with Crippen molar-refractivity contribution in [2.75, 3.05) is 12.4 Å². The Hall–Kier alpha value is -2.34. The van der Waals surface area contributed by atoms with Gasteiger partial charge >= 0.3 is 5.97 Å². The van der Waals surface area contributed by atoms with Gasteiger partial charge in [-0.3, -0.25) is 4.79 Å². The first-order valence-electron chi connectivity index (χ1n) is 9.82. The summed E-state index contributed by atoms with van der Waals surface area (Å²) in [5.74, 6) is 0.640. The highest BCUT2D eigenvalue weighted by Crippen LogP contribution is 2.40. The third-order valence-electron chi connectivity index (χ3n) is 5.26. The van der Waals surface area contributed by atoms with Crippen molar-refractivity contribution in [1.29, 1.82) is 0 Å². The normalized spacial score (nSPS) is 16.8. The Kier molecular flexibility index (Phi) is 6.73. The second kappa shape index (κ2) is 9.24. The number of carbonyl (C=O) groups is 2. The number of anilines is 1. The molecule has 0 aliphatic heterocycles. The summed E-state index contributed by atoms with van der Waals surface area (Å²) in [6.07, 6.45) is 3.88. The van der Waals surface area contributed by atoms with Crippen LogP contribution in [0.4, 0.5) is 5.00 Å². The first-order valence-corrected chi connectivity index (χ1v) is 10.6. The zero-order chi connectivity index (χ0) is 20.1. The van der Waals surface area contributed by atoms with Crippen molar-refractivity contribution in [3.8, 4) is 5.75 Å². The number of esters is 1. The largest absolute Gasteiger partial charge is 0.481 e. The lowest BCUT2D eigenvalue weighted by atomic mass is 9.85. The number of thiophene rings is 1. The second-order valence-electron chi connectivity index (χ2n) is 7.03. The minimum absolute atomic E-state index is 0.248. The lowest BCUT2D eigenvalue weighted by molar-refractivity contribution is -0.122. The molecule has 1 aromatic heterocycles. The molecule has 1 aromatic carbocycles. The second-order valence-corrected chi connectivity index (χ2v) is 8.14. The Morgan fingerprint density at radius 1 is 1.25 bits per heavy atom. The van der Waals surface area contributed by atoms with Gasteiger partial charge in [-0.2, -0.15) is 0 Å². The highest BCUT2D eigenvalue weighted by molar-refractivity contribution is 7.17. The predicted molar refractivity (Wildman–Crippen MR) is 111 cm³/mol. The van der Waals surface area contributed by atoms with E-state index in [9.17, 15) is 9.59 Å².